The number of nitrogens with one attached hydrogen (secondary N) is 2. The van der Waals surface area contributed by atoms with Crippen LogP contribution in [0.3, 0.4) is 0 Å². The molecule has 0 aliphatic carbocycles. The Morgan fingerprint density at radius 3 is 2.35 bits per heavy atom. The molecular weight excluding hydrogens is 493 g/mol. The molecule has 3 aromatic rings. The van der Waals surface area contributed by atoms with Gasteiger partial charge in [-0.3, -0.25) is 9.78 Å². The second-order valence-corrected chi connectivity index (χ2v) is 9.35. The molecule has 1 saturated heterocycles. The van der Waals surface area contributed by atoms with E-state index in [0.717, 1.165) is 48.2 Å². The van der Waals surface area contributed by atoms with Gasteiger partial charge in [-0.2, -0.15) is 0 Å². The van der Waals surface area contributed by atoms with E-state index in [1.54, 1.807) is 6.07 Å². The number of hydrogen-bond acceptors (Lipinski definition) is 5. The van der Waals surface area contributed by atoms with Crippen LogP contribution in [0.5, 0.6) is 5.75 Å². The molecule has 2 heterocycles. The number of aromatic nitrogens is 1. The Kier molecular flexibility index (Phi) is 9.28. The number of pyridine rings is 1. The zero-order valence-electron chi connectivity index (χ0n) is 20.7. The maximum absolute atomic E-state index is 13.6. The number of benzene rings is 2. The fourth-order valence-corrected chi connectivity index (χ4v) is 4.55. The van der Waals surface area contributed by atoms with Gasteiger partial charge < -0.3 is 20.5 Å². The van der Waals surface area contributed by atoms with Crippen LogP contribution >= 0.6 is 11.6 Å². The number of carbonyl (C=O) groups is 1. The fraction of sp³-hybridized carbons (Fsp3) is 0.310. The lowest BCUT2D eigenvalue weighted by Crippen LogP contribution is -2.27. The number of hydrogen-bond donors (Lipinski definition) is 3. The molecule has 2 atom stereocenters. The molecule has 4 rings (SSSR count). The van der Waals surface area contributed by atoms with Crippen LogP contribution in [-0.2, 0) is 0 Å². The maximum atomic E-state index is 13.6. The van der Waals surface area contributed by atoms with Crippen molar-refractivity contribution in [3.8, 4) is 5.75 Å². The number of alkyl halides is 1. The minimum absolute atomic E-state index is 0.121. The summed E-state index contributed by atoms with van der Waals surface area (Å²) in [6.45, 7) is 3.54. The van der Waals surface area contributed by atoms with Gasteiger partial charge in [0.25, 0.3) is 5.91 Å². The van der Waals surface area contributed by atoms with Crippen molar-refractivity contribution in [2.24, 2.45) is 0 Å². The van der Waals surface area contributed by atoms with Crippen LogP contribution in [0, 0.1) is 5.82 Å². The molecule has 6 nitrogen and oxygen atoms in total. The molecule has 0 spiro atoms. The number of carbonyl (C=O) groups excluding carboxylic acids is 1. The van der Waals surface area contributed by atoms with Gasteiger partial charge in [0, 0.05) is 6.20 Å². The van der Waals surface area contributed by atoms with Gasteiger partial charge in [0.1, 0.15) is 17.7 Å². The second kappa shape index (κ2) is 12.8. The Balaban J connectivity index is 1.50. The number of nitrogens with zero attached hydrogens (tertiary/aromatic N) is 1. The molecular formula is C29H31ClFN3O3. The van der Waals surface area contributed by atoms with Gasteiger partial charge in [0.2, 0.25) is 0 Å². The molecule has 3 N–H and O–H groups in total. The van der Waals surface area contributed by atoms with Crippen molar-refractivity contribution in [1.82, 2.24) is 15.6 Å². The highest BCUT2D eigenvalue weighted by Crippen LogP contribution is 2.32. The lowest BCUT2D eigenvalue weighted by molar-refractivity contribution is 0.0938. The number of aliphatic hydroxyl groups is 1. The maximum Gasteiger partial charge on any atom is 0.253 e. The van der Waals surface area contributed by atoms with Crippen molar-refractivity contribution >= 4 is 23.1 Å². The van der Waals surface area contributed by atoms with Crippen LogP contribution in [-0.4, -0.2) is 47.7 Å². The first-order chi connectivity index (χ1) is 18.0. The van der Waals surface area contributed by atoms with E-state index in [2.05, 4.69) is 27.8 Å². The van der Waals surface area contributed by atoms with Crippen molar-refractivity contribution in [2.45, 2.75) is 31.9 Å². The quantitative estimate of drug-likeness (QED) is 0.348. The molecule has 0 bridgehead atoms. The summed E-state index contributed by atoms with van der Waals surface area (Å²) in [5, 5.41) is 15.7. The normalized spacial score (nSPS) is 15.1. The van der Waals surface area contributed by atoms with Crippen LogP contribution in [0.25, 0.3) is 5.57 Å². The van der Waals surface area contributed by atoms with E-state index in [0.29, 0.717) is 11.3 Å². The largest absolute Gasteiger partial charge is 0.485 e. The van der Waals surface area contributed by atoms with E-state index >= 15 is 0 Å². The number of amides is 1. The first-order valence-corrected chi connectivity index (χ1v) is 12.9. The van der Waals surface area contributed by atoms with Gasteiger partial charge in [-0.25, -0.2) is 4.39 Å². The van der Waals surface area contributed by atoms with Gasteiger partial charge in [0.05, 0.1) is 30.3 Å². The second-order valence-electron chi connectivity index (χ2n) is 9.04. The Bertz CT molecular complexity index is 1220. The molecule has 2 aromatic carbocycles. The van der Waals surface area contributed by atoms with Crippen molar-refractivity contribution in [3.05, 3.63) is 101 Å². The van der Waals surface area contributed by atoms with E-state index in [4.69, 9.17) is 16.3 Å². The summed E-state index contributed by atoms with van der Waals surface area (Å²) in [6.07, 6.45) is 4.26. The molecule has 1 unspecified atom stereocenters. The van der Waals surface area contributed by atoms with Gasteiger partial charge in [-0.1, -0.05) is 42.0 Å². The molecule has 1 amide bonds. The van der Waals surface area contributed by atoms with Crippen molar-refractivity contribution in [3.63, 3.8) is 0 Å². The van der Waals surface area contributed by atoms with Crippen LogP contribution in [0.1, 0.15) is 52.9 Å². The first kappa shape index (κ1) is 26.8. The Morgan fingerprint density at radius 1 is 1.08 bits per heavy atom. The summed E-state index contributed by atoms with van der Waals surface area (Å²) < 4.78 is 19.2. The van der Waals surface area contributed by atoms with Gasteiger partial charge >= 0.3 is 0 Å². The molecule has 8 heteroatoms. The Labute approximate surface area is 221 Å². The lowest BCUT2D eigenvalue weighted by Gasteiger charge is -2.22. The Hall–Kier alpha value is -3.26. The molecule has 1 aliphatic heterocycles. The number of piperidine rings is 1. The zero-order valence-corrected chi connectivity index (χ0v) is 21.5. The van der Waals surface area contributed by atoms with Crippen LogP contribution in [0.4, 0.5) is 4.39 Å². The lowest BCUT2D eigenvalue weighted by atomic mass is 9.88. The molecule has 0 saturated carbocycles. The highest BCUT2D eigenvalue weighted by Gasteiger charge is 2.17. The van der Waals surface area contributed by atoms with Crippen molar-refractivity contribution in [2.75, 3.05) is 25.6 Å². The molecule has 0 radical (unpaired) electrons. The Morgan fingerprint density at radius 2 is 1.73 bits per heavy atom. The molecule has 1 aliphatic rings. The smallest absolute Gasteiger partial charge is 0.253 e. The zero-order chi connectivity index (χ0) is 26.2. The number of aliphatic hydroxyl groups excluding tert-OH is 1. The predicted molar refractivity (Wildman–Crippen MR) is 143 cm³/mol. The molecule has 194 valence electrons. The third-order valence-electron chi connectivity index (χ3n) is 6.39. The van der Waals surface area contributed by atoms with E-state index in [1.165, 1.54) is 30.1 Å². The summed E-state index contributed by atoms with van der Waals surface area (Å²) in [7, 11) is 0. The summed E-state index contributed by atoms with van der Waals surface area (Å²) in [4.78, 5) is 16.9. The SMILES string of the molecule is C[C@@H](NC(=O)c1cncc(OC(CO)CCl)c1)c1ccc(C(=C2CCNCC2)c2ccc(F)cc2)cc1. The predicted octanol–water partition coefficient (Wildman–Crippen LogP) is 4.88. The highest BCUT2D eigenvalue weighted by atomic mass is 35.5. The number of rotatable bonds is 9. The minimum atomic E-state index is -0.571. The first-order valence-electron chi connectivity index (χ1n) is 12.4. The topological polar surface area (TPSA) is 83.5 Å². The van der Waals surface area contributed by atoms with Gasteiger partial charge in [0.15, 0.2) is 0 Å². The summed E-state index contributed by atoms with van der Waals surface area (Å²) >= 11 is 5.77. The van der Waals surface area contributed by atoms with E-state index in [1.807, 2.05) is 31.2 Å². The molecule has 37 heavy (non-hydrogen) atoms. The number of halogens is 2. The number of ether oxygens (including phenoxy) is 1. The van der Waals surface area contributed by atoms with Gasteiger partial charge in [-0.15, -0.1) is 11.6 Å². The van der Waals surface area contributed by atoms with E-state index < -0.39 is 6.10 Å². The van der Waals surface area contributed by atoms with E-state index in [-0.39, 0.29) is 30.3 Å². The van der Waals surface area contributed by atoms with Gasteiger partial charge in [-0.05, 0) is 73.3 Å². The monoisotopic (exact) mass is 523 g/mol. The van der Waals surface area contributed by atoms with Crippen molar-refractivity contribution in [1.29, 1.82) is 0 Å². The third kappa shape index (κ3) is 6.95. The average Bonchev–Trinajstić information content (AvgIpc) is 2.94. The molecule has 1 fully saturated rings. The third-order valence-corrected chi connectivity index (χ3v) is 6.74. The van der Waals surface area contributed by atoms with Crippen molar-refractivity contribution < 1.29 is 19.0 Å². The minimum Gasteiger partial charge on any atom is -0.485 e. The molecule has 1 aromatic heterocycles. The fourth-order valence-electron chi connectivity index (χ4n) is 4.39. The average molecular weight is 524 g/mol. The van der Waals surface area contributed by atoms with Crippen LogP contribution in [0.15, 0.2) is 72.6 Å². The standard InChI is InChI=1S/C29H31ClFN3O3/c1-19(34-29(36)24-14-26(17-33-16-24)37-27(15-30)18-35)20-2-4-21(5-3-20)28(23-10-12-32-13-11-23)22-6-8-25(31)9-7-22/h2-9,14,16-17,19,27,32,35H,10-13,15,18H2,1H3,(H,34,36)/t19-,27?/m1/s1. The van der Waals surface area contributed by atoms with E-state index in [9.17, 15) is 14.3 Å². The summed E-state index contributed by atoms with van der Waals surface area (Å²) in [6, 6.07) is 16.1. The summed E-state index contributed by atoms with van der Waals surface area (Å²) in [5.74, 6) is -0.0533. The highest BCUT2D eigenvalue weighted by molar-refractivity contribution is 6.18. The van der Waals surface area contributed by atoms with Crippen LogP contribution < -0.4 is 15.4 Å². The van der Waals surface area contributed by atoms with Crippen LogP contribution in [0.2, 0.25) is 0 Å². The summed E-state index contributed by atoms with van der Waals surface area (Å²) in [5.41, 5.74) is 5.87.